The molecule has 1 aliphatic heterocycles. The zero-order valence-corrected chi connectivity index (χ0v) is 20.1. The molecule has 1 aromatic heterocycles. The number of benzene rings is 2. The third-order valence-electron chi connectivity index (χ3n) is 5.65. The van der Waals surface area contributed by atoms with E-state index in [1.165, 1.54) is 6.92 Å². The molecule has 170 valence electrons. The van der Waals surface area contributed by atoms with E-state index in [9.17, 15) is 14.4 Å². The molecular weight excluding hydrogens is 460 g/mol. The van der Waals surface area contributed by atoms with Crippen LogP contribution in [0.2, 0.25) is 5.02 Å². The summed E-state index contributed by atoms with van der Waals surface area (Å²) in [6.07, 6.45) is 1.75. The number of halogens is 1. The van der Waals surface area contributed by atoms with E-state index in [2.05, 4.69) is 4.57 Å². The van der Waals surface area contributed by atoms with Gasteiger partial charge in [0, 0.05) is 33.7 Å². The van der Waals surface area contributed by atoms with Gasteiger partial charge in [-0.3, -0.25) is 14.5 Å². The number of amides is 2. The van der Waals surface area contributed by atoms with E-state index in [-0.39, 0.29) is 11.5 Å². The van der Waals surface area contributed by atoms with Gasteiger partial charge in [0.25, 0.3) is 11.1 Å². The highest BCUT2D eigenvalue weighted by molar-refractivity contribution is 8.18. The van der Waals surface area contributed by atoms with E-state index in [4.69, 9.17) is 16.3 Å². The van der Waals surface area contributed by atoms with Crippen molar-refractivity contribution in [3.8, 4) is 0 Å². The van der Waals surface area contributed by atoms with Crippen molar-refractivity contribution in [2.75, 3.05) is 6.61 Å². The lowest BCUT2D eigenvalue weighted by Gasteiger charge is -2.19. The molecule has 0 radical (unpaired) electrons. The molecule has 2 amide bonds. The van der Waals surface area contributed by atoms with E-state index < -0.39 is 23.2 Å². The molecular formula is C25H23ClN2O4S. The van der Waals surface area contributed by atoms with Crippen molar-refractivity contribution in [3.05, 3.63) is 75.3 Å². The summed E-state index contributed by atoms with van der Waals surface area (Å²) < 4.78 is 7.16. The second-order valence-electron chi connectivity index (χ2n) is 7.71. The van der Waals surface area contributed by atoms with Crippen molar-refractivity contribution in [3.63, 3.8) is 0 Å². The lowest BCUT2D eigenvalue weighted by molar-refractivity contribution is -0.150. The van der Waals surface area contributed by atoms with Crippen LogP contribution in [0.15, 0.2) is 53.4 Å². The monoisotopic (exact) mass is 482 g/mol. The molecule has 2 heterocycles. The van der Waals surface area contributed by atoms with Gasteiger partial charge < -0.3 is 9.30 Å². The number of hydrogen-bond donors (Lipinski definition) is 0. The number of esters is 1. The topological polar surface area (TPSA) is 68.6 Å². The predicted molar refractivity (Wildman–Crippen MR) is 131 cm³/mol. The Hall–Kier alpha value is -3.03. The highest BCUT2D eigenvalue weighted by atomic mass is 35.5. The molecule has 1 aliphatic rings. The minimum absolute atomic E-state index is 0.182. The van der Waals surface area contributed by atoms with Crippen LogP contribution in [-0.4, -0.2) is 39.2 Å². The third kappa shape index (κ3) is 4.43. The van der Waals surface area contributed by atoms with Crippen LogP contribution in [-0.2, 0) is 20.9 Å². The number of hydrogen-bond acceptors (Lipinski definition) is 5. The maximum atomic E-state index is 13.0. The third-order valence-corrected chi connectivity index (χ3v) is 6.78. The number of fused-ring (bicyclic) bond motifs is 1. The maximum absolute atomic E-state index is 13.0. The van der Waals surface area contributed by atoms with Gasteiger partial charge >= 0.3 is 5.97 Å². The Morgan fingerprint density at radius 3 is 2.55 bits per heavy atom. The van der Waals surface area contributed by atoms with Crippen LogP contribution >= 0.6 is 23.4 Å². The van der Waals surface area contributed by atoms with Crippen molar-refractivity contribution < 1.29 is 19.1 Å². The van der Waals surface area contributed by atoms with Crippen molar-refractivity contribution in [2.24, 2.45) is 0 Å². The highest BCUT2D eigenvalue weighted by Gasteiger charge is 2.41. The fraction of sp³-hybridized carbons (Fsp3) is 0.240. The molecule has 3 aromatic rings. The number of imide groups is 1. The van der Waals surface area contributed by atoms with Crippen molar-refractivity contribution in [1.82, 2.24) is 9.47 Å². The summed E-state index contributed by atoms with van der Waals surface area (Å²) in [4.78, 5) is 39.0. The van der Waals surface area contributed by atoms with Gasteiger partial charge in [-0.05, 0) is 62.4 Å². The molecule has 2 aromatic carbocycles. The minimum Gasteiger partial charge on any atom is -0.464 e. The van der Waals surface area contributed by atoms with Crippen LogP contribution in [0.1, 0.15) is 30.7 Å². The summed E-state index contributed by atoms with van der Waals surface area (Å²) in [7, 11) is 0. The van der Waals surface area contributed by atoms with Gasteiger partial charge in [-0.25, -0.2) is 4.79 Å². The smallest absolute Gasteiger partial charge is 0.329 e. The normalized spacial score (nSPS) is 16.1. The predicted octanol–water partition coefficient (Wildman–Crippen LogP) is 5.64. The molecule has 33 heavy (non-hydrogen) atoms. The molecule has 1 atom stereocenters. The van der Waals surface area contributed by atoms with Crippen LogP contribution in [0.25, 0.3) is 17.0 Å². The van der Waals surface area contributed by atoms with E-state index in [0.717, 1.165) is 44.4 Å². The van der Waals surface area contributed by atoms with Crippen LogP contribution in [0.3, 0.4) is 0 Å². The Morgan fingerprint density at radius 2 is 1.85 bits per heavy atom. The maximum Gasteiger partial charge on any atom is 0.329 e. The standard InChI is InChI=1S/C25H23ClN2O4S/c1-4-32-24(30)16(3)28-23(29)22(33-25(28)31)13-20-15(2)27(21-8-6-5-7-19(20)21)14-17-9-11-18(26)12-10-17/h5-13,16H,4,14H2,1-3H3/b22-13+/t16-/m0/s1. The molecule has 1 fully saturated rings. The molecule has 0 spiro atoms. The number of carbonyl (C=O) groups is 3. The molecule has 0 bridgehead atoms. The van der Waals surface area contributed by atoms with Gasteiger partial charge in [0.2, 0.25) is 0 Å². The second-order valence-corrected chi connectivity index (χ2v) is 9.14. The Morgan fingerprint density at radius 1 is 1.15 bits per heavy atom. The molecule has 6 nitrogen and oxygen atoms in total. The van der Waals surface area contributed by atoms with E-state index in [0.29, 0.717) is 11.6 Å². The lowest BCUT2D eigenvalue weighted by Crippen LogP contribution is -2.42. The van der Waals surface area contributed by atoms with Gasteiger partial charge in [-0.1, -0.05) is 41.9 Å². The van der Waals surface area contributed by atoms with Gasteiger partial charge in [-0.15, -0.1) is 0 Å². The number of nitrogens with zero attached hydrogens (tertiary/aromatic N) is 2. The molecule has 0 saturated carbocycles. The number of rotatable bonds is 6. The fourth-order valence-electron chi connectivity index (χ4n) is 3.93. The lowest BCUT2D eigenvalue weighted by atomic mass is 10.1. The molecule has 0 unspecified atom stereocenters. The fourth-order valence-corrected chi connectivity index (χ4v) is 4.95. The Balaban J connectivity index is 1.72. The summed E-state index contributed by atoms with van der Waals surface area (Å²) in [6, 6.07) is 14.7. The van der Waals surface area contributed by atoms with Crippen LogP contribution in [0.5, 0.6) is 0 Å². The zero-order chi connectivity index (χ0) is 23.7. The SMILES string of the molecule is CCOC(=O)[C@H](C)N1C(=O)S/C(=C/c2c(C)n(Cc3ccc(Cl)cc3)c3ccccc23)C1=O. The minimum atomic E-state index is -0.976. The molecule has 8 heteroatoms. The van der Waals surface area contributed by atoms with Crippen LogP contribution in [0, 0.1) is 6.92 Å². The second kappa shape index (κ2) is 9.45. The van der Waals surface area contributed by atoms with Gasteiger partial charge in [-0.2, -0.15) is 0 Å². The first-order valence-corrected chi connectivity index (χ1v) is 11.8. The first-order valence-electron chi connectivity index (χ1n) is 10.6. The summed E-state index contributed by atoms with van der Waals surface area (Å²) in [5.74, 6) is -1.09. The largest absolute Gasteiger partial charge is 0.464 e. The first-order chi connectivity index (χ1) is 15.8. The number of carbonyl (C=O) groups excluding carboxylic acids is 3. The summed E-state index contributed by atoms with van der Waals surface area (Å²) in [5, 5.41) is 1.19. The first kappa shape index (κ1) is 23.1. The van der Waals surface area contributed by atoms with Gasteiger partial charge in [0.05, 0.1) is 11.5 Å². The summed E-state index contributed by atoms with van der Waals surface area (Å²) in [6.45, 7) is 5.99. The van der Waals surface area contributed by atoms with E-state index >= 15 is 0 Å². The average Bonchev–Trinajstić information content (AvgIpc) is 3.22. The summed E-state index contributed by atoms with van der Waals surface area (Å²) in [5.41, 5.74) is 3.96. The van der Waals surface area contributed by atoms with Crippen molar-refractivity contribution >= 4 is 57.5 Å². The Bertz CT molecular complexity index is 1280. The number of aromatic nitrogens is 1. The van der Waals surface area contributed by atoms with Crippen LogP contribution < -0.4 is 0 Å². The van der Waals surface area contributed by atoms with E-state index in [1.54, 1.807) is 13.0 Å². The Labute approximate surface area is 201 Å². The average molecular weight is 483 g/mol. The van der Waals surface area contributed by atoms with Crippen molar-refractivity contribution in [2.45, 2.75) is 33.4 Å². The number of thioether (sulfide) groups is 1. The quantitative estimate of drug-likeness (QED) is 0.336. The number of para-hydroxylation sites is 1. The van der Waals surface area contributed by atoms with E-state index in [1.807, 2.05) is 55.5 Å². The highest BCUT2D eigenvalue weighted by Crippen LogP contribution is 2.37. The number of ether oxygens (including phenoxy) is 1. The molecule has 0 aliphatic carbocycles. The summed E-state index contributed by atoms with van der Waals surface area (Å²) >= 11 is 6.87. The van der Waals surface area contributed by atoms with Crippen molar-refractivity contribution in [1.29, 1.82) is 0 Å². The van der Waals surface area contributed by atoms with Gasteiger partial charge in [0.15, 0.2) is 0 Å². The molecule has 1 saturated heterocycles. The molecule has 0 N–H and O–H groups in total. The zero-order valence-electron chi connectivity index (χ0n) is 18.5. The molecule has 4 rings (SSSR count). The van der Waals surface area contributed by atoms with Gasteiger partial charge in [0.1, 0.15) is 6.04 Å². The van der Waals surface area contributed by atoms with Crippen LogP contribution in [0.4, 0.5) is 4.79 Å². The Kier molecular flexibility index (Phi) is 6.63.